The second kappa shape index (κ2) is 9.08. The molecule has 0 unspecified atom stereocenters. The van der Waals surface area contributed by atoms with Crippen LogP contribution in [0.2, 0.25) is 5.02 Å². The molecule has 0 radical (unpaired) electrons. The average molecular weight is 462 g/mol. The number of hydrogen-bond acceptors (Lipinski definition) is 4. The predicted molar refractivity (Wildman–Crippen MR) is 115 cm³/mol. The molecule has 0 saturated carbocycles. The van der Waals surface area contributed by atoms with Crippen LogP contribution in [0.1, 0.15) is 12.8 Å². The van der Waals surface area contributed by atoms with Crippen molar-refractivity contribution in [3.63, 3.8) is 0 Å². The van der Waals surface area contributed by atoms with Crippen LogP contribution in [0.5, 0.6) is 5.75 Å². The molecule has 3 N–H and O–H groups in total. The van der Waals surface area contributed by atoms with E-state index in [-0.39, 0.29) is 12.2 Å². The molecule has 0 aliphatic heterocycles. The smallest absolute Gasteiger partial charge is 0.303 e. The molecule has 0 bridgehead atoms. The Bertz CT molecular complexity index is 1010. The summed E-state index contributed by atoms with van der Waals surface area (Å²) in [6.07, 6.45) is 0.557. The van der Waals surface area contributed by atoms with Crippen LogP contribution in [0.15, 0.2) is 59.1 Å². The van der Waals surface area contributed by atoms with Gasteiger partial charge in [-0.3, -0.25) is 4.79 Å². The third-order valence-corrected chi connectivity index (χ3v) is 4.94. The SMILES string of the molecule is O=C(O)CCCNc1cc(-c2ccccc2Cl)cc(-c2cc(Br)ccc2O)n1. The number of phenolic OH excluding ortho intramolecular Hbond substituents is 1. The third-order valence-electron chi connectivity index (χ3n) is 4.12. The number of anilines is 1. The fourth-order valence-electron chi connectivity index (χ4n) is 2.78. The molecule has 28 heavy (non-hydrogen) atoms. The Balaban J connectivity index is 2.02. The Kier molecular flexibility index (Phi) is 6.54. The highest BCUT2D eigenvalue weighted by Crippen LogP contribution is 2.36. The molecule has 5 nitrogen and oxygen atoms in total. The van der Waals surface area contributed by atoms with E-state index in [1.54, 1.807) is 18.2 Å². The molecule has 1 aromatic heterocycles. The van der Waals surface area contributed by atoms with Crippen LogP contribution in [-0.2, 0) is 4.79 Å². The number of carboxylic acid groups (broad SMARTS) is 1. The molecule has 0 atom stereocenters. The number of nitrogens with one attached hydrogen (secondary N) is 1. The number of hydrogen-bond donors (Lipinski definition) is 3. The normalized spacial score (nSPS) is 10.6. The van der Waals surface area contributed by atoms with Crippen molar-refractivity contribution in [3.05, 3.63) is 64.1 Å². The van der Waals surface area contributed by atoms with Crippen LogP contribution < -0.4 is 5.32 Å². The molecule has 0 saturated heterocycles. The zero-order valence-electron chi connectivity index (χ0n) is 14.8. The monoisotopic (exact) mass is 460 g/mol. The molecular weight excluding hydrogens is 444 g/mol. The summed E-state index contributed by atoms with van der Waals surface area (Å²) in [4.78, 5) is 15.3. The van der Waals surface area contributed by atoms with Crippen molar-refractivity contribution in [1.29, 1.82) is 0 Å². The van der Waals surface area contributed by atoms with Crippen molar-refractivity contribution >= 4 is 39.3 Å². The Morgan fingerprint density at radius 2 is 1.89 bits per heavy atom. The summed E-state index contributed by atoms with van der Waals surface area (Å²) >= 11 is 9.79. The molecular formula is C21H18BrClN2O3. The minimum Gasteiger partial charge on any atom is -0.507 e. The maximum atomic E-state index is 10.7. The maximum Gasteiger partial charge on any atom is 0.303 e. The first kappa shape index (κ1) is 20.2. The molecule has 2 aromatic carbocycles. The molecule has 144 valence electrons. The largest absolute Gasteiger partial charge is 0.507 e. The summed E-state index contributed by atoms with van der Waals surface area (Å²) < 4.78 is 0.821. The van der Waals surface area contributed by atoms with Crippen molar-refractivity contribution < 1.29 is 15.0 Å². The summed E-state index contributed by atoms with van der Waals surface area (Å²) in [6.45, 7) is 0.467. The van der Waals surface area contributed by atoms with E-state index in [0.29, 0.717) is 35.1 Å². The first-order valence-electron chi connectivity index (χ1n) is 8.65. The Morgan fingerprint density at radius 3 is 2.64 bits per heavy atom. The van der Waals surface area contributed by atoms with Crippen LogP contribution >= 0.6 is 27.5 Å². The standard InChI is InChI=1S/C21H18BrClN2O3/c22-14-7-8-19(26)16(12-14)18-10-13(15-4-1-2-5-17(15)23)11-20(25-18)24-9-3-6-21(27)28/h1-2,4-5,7-8,10-12,26H,3,6,9H2,(H,24,25)(H,27,28). The number of rotatable bonds is 7. The summed E-state index contributed by atoms with van der Waals surface area (Å²) in [5.74, 6) is -0.139. The lowest BCUT2D eigenvalue weighted by atomic mass is 10.0. The Hall–Kier alpha value is -2.57. The summed E-state index contributed by atoms with van der Waals surface area (Å²) in [7, 11) is 0. The second-order valence-electron chi connectivity index (χ2n) is 6.19. The first-order valence-corrected chi connectivity index (χ1v) is 9.82. The number of nitrogens with zero attached hydrogens (tertiary/aromatic N) is 1. The molecule has 0 aliphatic rings. The molecule has 0 aliphatic carbocycles. The molecule has 3 rings (SSSR count). The van der Waals surface area contributed by atoms with Gasteiger partial charge < -0.3 is 15.5 Å². The Morgan fingerprint density at radius 1 is 1.11 bits per heavy atom. The average Bonchev–Trinajstić information content (AvgIpc) is 2.67. The van der Waals surface area contributed by atoms with Gasteiger partial charge in [0.1, 0.15) is 11.6 Å². The van der Waals surface area contributed by atoms with Gasteiger partial charge in [-0.15, -0.1) is 0 Å². The van der Waals surface area contributed by atoms with Gasteiger partial charge in [-0.1, -0.05) is 45.7 Å². The van der Waals surface area contributed by atoms with E-state index in [1.165, 1.54) is 0 Å². The molecule has 7 heteroatoms. The first-order chi connectivity index (χ1) is 13.4. The minimum absolute atomic E-state index is 0.0798. The van der Waals surface area contributed by atoms with Crippen molar-refractivity contribution in [2.75, 3.05) is 11.9 Å². The van der Waals surface area contributed by atoms with Gasteiger partial charge in [0.25, 0.3) is 0 Å². The predicted octanol–water partition coefficient (Wildman–Crippen LogP) is 5.81. The van der Waals surface area contributed by atoms with E-state index in [1.807, 2.05) is 36.4 Å². The summed E-state index contributed by atoms with van der Waals surface area (Å²) in [6, 6.07) is 16.4. The van der Waals surface area contributed by atoms with Crippen molar-refractivity contribution in [3.8, 4) is 28.1 Å². The van der Waals surface area contributed by atoms with Crippen LogP contribution in [0, 0.1) is 0 Å². The van der Waals surface area contributed by atoms with Gasteiger partial charge in [0.2, 0.25) is 0 Å². The van der Waals surface area contributed by atoms with Crippen molar-refractivity contribution in [2.45, 2.75) is 12.8 Å². The van der Waals surface area contributed by atoms with Gasteiger partial charge in [-0.05, 0) is 48.4 Å². The van der Waals surface area contributed by atoms with Crippen LogP contribution in [-0.4, -0.2) is 27.7 Å². The molecule has 3 aromatic rings. The number of pyridine rings is 1. The third kappa shape index (κ3) is 5.03. The van der Waals surface area contributed by atoms with Crippen molar-refractivity contribution in [1.82, 2.24) is 4.98 Å². The van der Waals surface area contributed by atoms with Gasteiger partial charge in [-0.2, -0.15) is 0 Å². The number of carboxylic acids is 1. The molecule has 0 amide bonds. The molecule has 0 fully saturated rings. The number of aromatic nitrogens is 1. The van der Waals surface area contributed by atoms with E-state index in [0.717, 1.165) is 15.6 Å². The summed E-state index contributed by atoms with van der Waals surface area (Å²) in [5, 5.41) is 22.9. The van der Waals surface area contributed by atoms with E-state index in [2.05, 4.69) is 26.2 Å². The van der Waals surface area contributed by atoms with E-state index in [9.17, 15) is 9.90 Å². The Labute approximate surface area is 176 Å². The topological polar surface area (TPSA) is 82.5 Å². The molecule has 1 heterocycles. The maximum absolute atomic E-state index is 10.7. The highest BCUT2D eigenvalue weighted by Gasteiger charge is 2.12. The fourth-order valence-corrected chi connectivity index (χ4v) is 3.39. The zero-order chi connectivity index (χ0) is 20.1. The highest BCUT2D eigenvalue weighted by atomic mass is 79.9. The summed E-state index contributed by atoms with van der Waals surface area (Å²) in [5.41, 5.74) is 2.85. The van der Waals surface area contributed by atoms with Crippen LogP contribution in [0.4, 0.5) is 5.82 Å². The lowest BCUT2D eigenvalue weighted by Gasteiger charge is -2.13. The lowest BCUT2D eigenvalue weighted by Crippen LogP contribution is -2.06. The number of carbonyl (C=O) groups is 1. The number of halogens is 2. The zero-order valence-corrected chi connectivity index (χ0v) is 17.2. The van der Waals surface area contributed by atoms with Gasteiger partial charge in [0.15, 0.2) is 0 Å². The number of aromatic hydroxyl groups is 1. The number of phenols is 1. The van der Waals surface area contributed by atoms with E-state index >= 15 is 0 Å². The highest BCUT2D eigenvalue weighted by molar-refractivity contribution is 9.10. The second-order valence-corrected chi connectivity index (χ2v) is 7.51. The fraction of sp³-hybridized carbons (Fsp3) is 0.143. The van der Waals surface area contributed by atoms with Gasteiger partial charge in [0.05, 0.1) is 5.69 Å². The van der Waals surface area contributed by atoms with E-state index in [4.69, 9.17) is 16.7 Å². The number of aliphatic carboxylic acids is 1. The lowest BCUT2D eigenvalue weighted by molar-refractivity contribution is -0.137. The quantitative estimate of drug-likeness (QED) is 0.387. The van der Waals surface area contributed by atoms with Gasteiger partial charge >= 0.3 is 5.97 Å². The van der Waals surface area contributed by atoms with Crippen LogP contribution in [0.3, 0.4) is 0 Å². The number of benzene rings is 2. The molecule has 0 spiro atoms. The van der Waals surface area contributed by atoms with Crippen LogP contribution in [0.25, 0.3) is 22.4 Å². The van der Waals surface area contributed by atoms with Gasteiger partial charge in [0, 0.05) is 33.6 Å². The van der Waals surface area contributed by atoms with Crippen molar-refractivity contribution in [2.24, 2.45) is 0 Å². The minimum atomic E-state index is -0.834. The van der Waals surface area contributed by atoms with E-state index < -0.39 is 5.97 Å². The van der Waals surface area contributed by atoms with Gasteiger partial charge in [-0.25, -0.2) is 4.98 Å².